The minimum absolute atomic E-state index is 0.282. The van der Waals surface area contributed by atoms with Gasteiger partial charge in [0, 0.05) is 24.2 Å². The molecular weight excluding hydrogens is 392 g/mol. The summed E-state index contributed by atoms with van der Waals surface area (Å²) in [5, 5.41) is 0.817. The van der Waals surface area contributed by atoms with Crippen molar-refractivity contribution in [2.45, 2.75) is 51.5 Å². The van der Waals surface area contributed by atoms with E-state index in [1.54, 1.807) is 0 Å². The molecule has 2 heterocycles. The Balaban J connectivity index is 1.21. The zero-order chi connectivity index (χ0) is 20.9. The van der Waals surface area contributed by atoms with E-state index in [9.17, 15) is 4.79 Å². The van der Waals surface area contributed by atoms with Crippen LogP contribution in [0.1, 0.15) is 42.4 Å². The maximum atomic E-state index is 12.7. The summed E-state index contributed by atoms with van der Waals surface area (Å²) in [6, 6.07) is 17.2. The molecule has 2 aromatic carbocycles. The van der Waals surface area contributed by atoms with Gasteiger partial charge >= 0.3 is 0 Å². The van der Waals surface area contributed by atoms with Crippen molar-refractivity contribution in [3.8, 4) is 0 Å². The third kappa shape index (κ3) is 5.44. The molecule has 3 nitrogen and oxygen atoms in total. The monoisotopic (exact) mass is 424 g/mol. The summed E-state index contributed by atoms with van der Waals surface area (Å²) in [7, 11) is 0. The van der Waals surface area contributed by atoms with Crippen LogP contribution in [0.5, 0.6) is 0 Å². The highest BCUT2D eigenvalue weighted by atomic mass is 35.5. The predicted octanol–water partition coefficient (Wildman–Crippen LogP) is 5.14. The Hall–Kier alpha value is -1.84. The summed E-state index contributed by atoms with van der Waals surface area (Å²) in [4.78, 5) is 17.5. The number of hydrogen-bond acceptors (Lipinski definition) is 2. The molecule has 2 fully saturated rings. The topological polar surface area (TPSA) is 23.6 Å². The van der Waals surface area contributed by atoms with Gasteiger partial charge in [-0.3, -0.25) is 4.79 Å². The minimum atomic E-state index is 0.282. The fraction of sp³-hybridized carbons (Fsp3) is 0.500. The van der Waals surface area contributed by atoms with Crippen molar-refractivity contribution >= 4 is 17.5 Å². The first-order chi connectivity index (χ1) is 14.6. The lowest BCUT2D eigenvalue weighted by Crippen LogP contribution is -2.49. The average Bonchev–Trinajstić information content (AvgIpc) is 2.77. The van der Waals surface area contributed by atoms with Crippen LogP contribution >= 0.6 is 11.6 Å². The van der Waals surface area contributed by atoms with Gasteiger partial charge in [-0.05, 0) is 86.9 Å². The van der Waals surface area contributed by atoms with Crippen molar-refractivity contribution in [1.29, 1.82) is 0 Å². The van der Waals surface area contributed by atoms with Crippen LogP contribution in [0, 0.1) is 12.8 Å². The number of nitrogens with zero attached hydrogens (tertiary/aromatic N) is 2. The molecule has 160 valence electrons. The lowest BCUT2D eigenvalue weighted by atomic mass is 9.88. The number of halogens is 1. The van der Waals surface area contributed by atoms with Crippen LogP contribution in [0.15, 0.2) is 48.5 Å². The number of likely N-dealkylation sites (tertiary alicyclic amines) is 2. The Morgan fingerprint density at radius 3 is 2.27 bits per heavy atom. The number of carbonyl (C=O) groups excluding carboxylic acids is 1. The molecule has 0 radical (unpaired) electrons. The largest absolute Gasteiger partial charge is 0.342 e. The second-order valence-electron chi connectivity index (χ2n) is 9.03. The fourth-order valence-corrected chi connectivity index (χ4v) is 5.17. The number of amides is 1. The molecule has 0 atom stereocenters. The lowest BCUT2D eigenvalue weighted by molar-refractivity contribution is -0.132. The maximum absolute atomic E-state index is 12.7. The first-order valence-corrected chi connectivity index (χ1v) is 11.8. The number of benzene rings is 2. The highest BCUT2D eigenvalue weighted by Gasteiger charge is 2.29. The SMILES string of the molecule is Cc1ccccc1CC(=O)N1CCC(N2CCC(Cc3ccc(Cl)cc3)CC2)CC1. The van der Waals surface area contributed by atoms with E-state index in [-0.39, 0.29) is 5.91 Å². The van der Waals surface area contributed by atoms with Crippen LogP contribution < -0.4 is 0 Å². The molecule has 4 heteroatoms. The summed E-state index contributed by atoms with van der Waals surface area (Å²) in [5.74, 6) is 1.06. The van der Waals surface area contributed by atoms with Crippen molar-refractivity contribution < 1.29 is 4.79 Å². The summed E-state index contributed by atoms with van der Waals surface area (Å²) in [5.41, 5.74) is 3.77. The molecule has 0 saturated carbocycles. The molecule has 4 rings (SSSR count). The van der Waals surface area contributed by atoms with Gasteiger partial charge in [0.25, 0.3) is 0 Å². The molecule has 30 heavy (non-hydrogen) atoms. The average molecular weight is 425 g/mol. The van der Waals surface area contributed by atoms with Crippen LogP contribution in [0.3, 0.4) is 0 Å². The summed E-state index contributed by atoms with van der Waals surface area (Å²) in [6.07, 6.45) is 6.47. The van der Waals surface area contributed by atoms with E-state index in [1.807, 2.05) is 24.3 Å². The van der Waals surface area contributed by atoms with Crippen LogP contribution in [0.4, 0.5) is 0 Å². The molecule has 2 aromatic rings. The Labute approximate surface area is 186 Å². The lowest BCUT2D eigenvalue weighted by Gasteiger charge is -2.42. The maximum Gasteiger partial charge on any atom is 0.227 e. The van der Waals surface area contributed by atoms with Gasteiger partial charge in [-0.2, -0.15) is 0 Å². The zero-order valence-corrected chi connectivity index (χ0v) is 18.8. The van der Waals surface area contributed by atoms with Gasteiger partial charge in [-0.15, -0.1) is 0 Å². The molecule has 0 N–H and O–H groups in total. The number of hydrogen-bond donors (Lipinski definition) is 0. The number of piperidine rings is 2. The molecule has 2 aliphatic rings. The van der Waals surface area contributed by atoms with Gasteiger partial charge in [0.05, 0.1) is 6.42 Å². The van der Waals surface area contributed by atoms with Gasteiger partial charge in [-0.1, -0.05) is 48.0 Å². The third-order valence-electron chi connectivity index (χ3n) is 7.02. The van der Waals surface area contributed by atoms with E-state index in [4.69, 9.17) is 11.6 Å². The fourth-order valence-electron chi connectivity index (χ4n) is 5.04. The molecule has 0 aromatic heterocycles. The van der Waals surface area contributed by atoms with Crippen molar-refractivity contribution in [3.05, 3.63) is 70.2 Å². The van der Waals surface area contributed by atoms with E-state index in [1.165, 1.54) is 37.1 Å². The van der Waals surface area contributed by atoms with Gasteiger partial charge in [-0.25, -0.2) is 0 Å². The molecule has 0 bridgehead atoms. The van der Waals surface area contributed by atoms with Crippen molar-refractivity contribution in [2.75, 3.05) is 26.2 Å². The van der Waals surface area contributed by atoms with E-state index in [2.05, 4.69) is 41.0 Å². The van der Waals surface area contributed by atoms with Crippen LogP contribution in [-0.4, -0.2) is 47.9 Å². The van der Waals surface area contributed by atoms with Gasteiger partial charge in [0.15, 0.2) is 0 Å². The quantitative estimate of drug-likeness (QED) is 0.663. The standard InChI is InChI=1S/C26H33ClN2O/c1-20-4-2-3-5-23(20)19-26(30)29-16-12-25(13-17-29)28-14-10-22(11-15-28)18-21-6-8-24(27)9-7-21/h2-9,22,25H,10-19H2,1H3. The van der Waals surface area contributed by atoms with E-state index >= 15 is 0 Å². The smallest absolute Gasteiger partial charge is 0.227 e. The van der Waals surface area contributed by atoms with Crippen molar-refractivity contribution in [1.82, 2.24) is 9.80 Å². The number of carbonyl (C=O) groups is 1. The Bertz CT molecular complexity index is 834. The summed E-state index contributed by atoms with van der Waals surface area (Å²) in [6.45, 7) is 6.28. The molecule has 0 unspecified atom stereocenters. The van der Waals surface area contributed by atoms with E-state index in [0.717, 1.165) is 48.9 Å². The summed E-state index contributed by atoms with van der Waals surface area (Å²) < 4.78 is 0. The molecule has 2 saturated heterocycles. The Morgan fingerprint density at radius 2 is 1.60 bits per heavy atom. The number of rotatable bonds is 5. The van der Waals surface area contributed by atoms with Gasteiger partial charge in [0.1, 0.15) is 0 Å². The zero-order valence-electron chi connectivity index (χ0n) is 18.0. The second kappa shape index (κ2) is 9.98. The molecule has 2 aliphatic heterocycles. The Kier molecular flexibility index (Phi) is 7.12. The molecule has 1 amide bonds. The highest BCUT2D eigenvalue weighted by molar-refractivity contribution is 6.30. The highest BCUT2D eigenvalue weighted by Crippen LogP contribution is 2.27. The van der Waals surface area contributed by atoms with E-state index in [0.29, 0.717) is 12.5 Å². The number of aryl methyl sites for hydroxylation is 1. The van der Waals surface area contributed by atoms with Gasteiger partial charge in [0.2, 0.25) is 5.91 Å². The normalized spacial score (nSPS) is 19.2. The Morgan fingerprint density at radius 1 is 0.933 bits per heavy atom. The van der Waals surface area contributed by atoms with E-state index < -0.39 is 0 Å². The van der Waals surface area contributed by atoms with Crippen LogP contribution in [0.25, 0.3) is 0 Å². The van der Waals surface area contributed by atoms with Crippen molar-refractivity contribution in [2.24, 2.45) is 5.92 Å². The first-order valence-electron chi connectivity index (χ1n) is 11.4. The van der Waals surface area contributed by atoms with Crippen LogP contribution in [-0.2, 0) is 17.6 Å². The van der Waals surface area contributed by atoms with Crippen molar-refractivity contribution in [3.63, 3.8) is 0 Å². The summed E-state index contributed by atoms with van der Waals surface area (Å²) >= 11 is 6.01. The third-order valence-corrected chi connectivity index (χ3v) is 7.28. The predicted molar refractivity (Wildman–Crippen MR) is 124 cm³/mol. The van der Waals surface area contributed by atoms with Gasteiger partial charge < -0.3 is 9.80 Å². The second-order valence-corrected chi connectivity index (χ2v) is 9.46. The van der Waals surface area contributed by atoms with Crippen LogP contribution in [0.2, 0.25) is 5.02 Å². The molecular formula is C26H33ClN2O. The minimum Gasteiger partial charge on any atom is -0.342 e. The molecule has 0 aliphatic carbocycles. The molecule has 0 spiro atoms. The first kappa shape index (κ1) is 21.4.